The second-order valence-electron chi connectivity index (χ2n) is 6.95. The van der Waals surface area contributed by atoms with E-state index in [1.165, 1.54) is 38.5 Å². The van der Waals surface area contributed by atoms with Crippen molar-refractivity contribution in [2.45, 2.75) is 110 Å². The molecule has 0 fully saturated rings. The van der Waals surface area contributed by atoms with Gasteiger partial charge in [0.1, 0.15) is 0 Å². The molecule has 0 heterocycles. The van der Waals surface area contributed by atoms with Gasteiger partial charge in [-0.3, -0.25) is 9.59 Å². The molecular formula is C21H40N4O2. The minimum atomic E-state index is -0.0584. The number of carbonyl (C=O) groups is 2. The standard InChI is InChI=1S/C21H40N4O2/c1-3-5-7-9-14-18-22-24-20(26)16-12-11-13-17-21(27)25-23-19-15-10-8-6-4-2/h18-19H,3-17H2,1-2H3,(H,24,26)(H,25,27)/b22-18+,23-19+. The summed E-state index contributed by atoms with van der Waals surface area (Å²) in [6.07, 6.45) is 18.3. The predicted octanol–water partition coefficient (Wildman–Crippen LogP) is 5.08. The first kappa shape index (κ1) is 25.3. The minimum Gasteiger partial charge on any atom is -0.273 e. The maximum atomic E-state index is 11.6. The fraction of sp³-hybridized carbons (Fsp3) is 0.810. The summed E-state index contributed by atoms with van der Waals surface area (Å²) in [5.74, 6) is -0.117. The van der Waals surface area contributed by atoms with E-state index in [2.05, 4.69) is 34.9 Å². The van der Waals surface area contributed by atoms with E-state index in [1.807, 2.05) is 0 Å². The summed E-state index contributed by atoms with van der Waals surface area (Å²) in [5.41, 5.74) is 5.12. The Kier molecular flexibility index (Phi) is 19.3. The third-order valence-electron chi connectivity index (χ3n) is 4.24. The summed E-state index contributed by atoms with van der Waals surface area (Å²) in [5, 5.41) is 7.91. The summed E-state index contributed by atoms with van der Waals surface area (Å²) in [6, 6.07) is 0. The zero-order valence-electron chi connectivity index (χ0n) is 17.5. The lowest BCUT2D eigenvalue weighted by atomic mass is 10.1. The first-order chi connectivity index (χ1) is 13.2. The van der Waals surface area contributed by atoms with Crippen LogP contribution < -0.4 is 10.9 Å². The smallest absolute Gasteiger partial charge is 0.240 e. The highest BCUT2D eigenvalue weighted by atomic mass is 16.2. The molecule has 156 valence electrons. The normalized spacial score (nSPS) is 11.3. The second kappa shape index (κ2) is 20.6. The fourth-order valence-electron chi connectivity index (χ4n) is 2.55. The van der Waals surface area contributed by atoms with Crippen molar-refractivity contribution in [3.8, 4) is 0 Å². The Hall–Kier alpha value is -1.72. The van der Waals surface area contributed by atoms with Crippen LogP contribution in [0.1, 0.15) is 110 Å². The van der Waals surface area contributed by atoms with E-state index in [4.69, 9.17) is 0 Å². The number of nitrogens with one attached hydrogen (secondary N) is 2. The van der Waals surface area contributed by atoms with E-state index in [0.29, 0.717) is 12.8 Å². The molecule has 0 aliphatic carbocycles. The van der Waals surface area contributed by atoms with Crippen molar-refractivity contribution >= 4 is 24.2 Å². The Morgan fingerprint density at radius 3 is 1.44 bits per heavy atom. The van der Waals surface area contributed by atoms with Gasteiger partial charge in [-0.15, -0.1) is 0 Å². The lowest BCUT2D eigenvalue weighted by Gasteiger charge is -2.01. The highest BCUT2D eigenvalue weighted by Crippen LogP contribution is 2.04. The average molecular weight is 381 g/mol. The summed E-state index contributed by atoms with van der Waals surface area (Å²) in [7, 11) is 0. The molecule has 0 aliphatic rings. The van der Waals surface area contributed by atoms with Crippen LogP contribution in [0.2, 0.25) is 0 Å². The number of hydrogen-bond acceptors (Lipinski definition) is 4. The van der Waals surface area contributed by atoms with Crippen LogP contribution >= 0.6 is 0 Å². The Bertz CT molecular complexity index is 384. The SMILES string of the molecule is CCCCCC/C=N/NC(=O)CCCCCC(=O)N/N=C/CCCCCC. The molecule has 0 radical (unpaired) electrons. The third-order valence-corrected chi connectivity index (χ3v) is 4.24. The van der Waals surface area contributed by atoms with Gasteiger partial charge in [0.15, 0.2) is 0 Å². The van der Waals surface area contributed by atoms with E-state index < -0.39 is 0 Å². The van der Waals surface area contributed by atoms with Gasteiger partial charge in [0.25, 0.3) is 0 Å². The molecule has 27 heavy (non-hydrogen) atoms. The van der Waals surface area contributed by atoms with Gasteiger partial charge < -0.3 is 0 Å². The van der Waals surface area contributed by atoms with Crippen LogP contribution in [0.3, 0.4) is 0 Å². The number of hydrazone groups is 2. The molecule has 6 heteroatoms. The minimum absolute atomic E-state index is 0.0584. The van der Waals surface area contributed by atoms with Gasteiger partial charge in [-0.25, -0.2) is 10.9 Å². The van der Waals surface area contributed by atoms with Crippen molar-refractivity contribution in [3.05, 3.63) is 0 Å². The molecule has 2 amide bonds. The van der Waals surface area contributed by atoms with Crippen molar-refractivity contribution in [2.75, 3.05) is 0 Å². The van der Waals surface area contributed by atoms with E-state index >= 15 is 0 Å². The summed E-state index contributed by atoms with van der Waals surface area (Å²) >= 11 is 0. The maximum Gasteiger partial charge on any atom is 0.240 e. The topological polar surface area (TPSA) is 82.9 Å². The van der Waals surface area contributed by atoms with Gasteiger partial charge in [0.2, 0.25) is 11.8 Å². The van der Waals surface area contributed by atoms with Gasteiger partial charge in [-0.1, -0.05) is 58.8 Å². The molecule has 0 spiro atoms. The van der Waals surface area contributed by atoms with Crippen LogP contribution in [0.15, 0.2) is 10.2 Å². The zero-order valence-corrected chi connectivity index (χ0v) is 17.5. The fourth-order valence-corrected chi connectivity index (χ4v) is 2.55. The van der Waals surface area contributed by atoms with Crippen LogP contribution in [-0.4, -0.2) is 24.2 Å². The molecule has 0 unspecified atom stereocenters. The molecule has 6 nitrogen and oxygen atoms in total. The van der Waals surface area contributed by atoms with Crippen LogP contribution in [-0.2, 0) is 9.59 Å². The molecule has 0 saturated heterocycles. The van der Waals surface area contributed by atoms with Crippen molar-refractivity contribution in [2.24, 2.45) is 10.2 Å². The highest BCUT2D eigenvalue weighted by molar-refractivity contribution is 5.77. The third kappa shape index (κ3) is 20.4. The van der Waals surface area contributed by atoms with Gasteiger partial charge in [0, 0.05) is 25.3 Å². The molecular weight excluding hydrogens is 340 g/mol. The number of hydrogen-bond donors (Lipinski definition) is 2. The Labute approximate surface area is 165 Å². The molecule has 0 aromatic rings. The van der Waals surface area contributed by atoms with Gasteiger partial charge >= 0.3 is 0 Å². The largest absolute Gasteiger partial charge is 0.273 e. The molecule has 0 rings (SSSR count). The van der Waals surface area contributed by atoms with E-state index in [1.54, 1.807) is 12.4 Å². The monoisotopic (exact) mass is 380 g/mol. The summed E-state index contributed by atoms with van der Waals surface area (Å²) in [4.78, 5) is 23.2. The number of nitrogens with zero attached hydrogens (tertiary/aromatic N) is 2. The van der Waals surface area contributed by atoms with Gasteiger partial charge in [0.05, 0.1) is 0 Å². The molecule has 0 saturated carbocycles. The number of amides is 2. The first-order valence-electron chi connectivity index (χ1n) is 10.8. The summed E-state index contributed by atoms with van der Waals surface area (Å²) < 4.78 is 0. The number of rotatable bonds is 18. The van der Waals surface area contributed by atoms with E-state index in [-0.39, 0.29) is 11.8 Å². The van der Waals surface area contributed by atoms with Crippen molar-refractivity contribution < 1.29 is 9.59 Å². The quantitative estimate of drug-likeness (QED) is 0.197. The van der Waals surface area contributed by atoms with Gasteiger partial charge in [-0.2, -0.15) is 10.2 Å². The zero-order chi connectivity index (χ0) is 20.0. The number of unbranched alkanes of at least 4 members (excludes halogenated alkanes) is 10. The van der Waals surface area contributed by atoms with E-state index in [0.717, 1.165) is 44.9 Å². The van der Waals surface area contributed by atoms with E-state index in [9.17, 15) is 9.59 Å². The molecule has 2 N–H and O–H groups in total. The van der Waals surface area contributed by atoms with Crippen LogP contribution in [0, 0.1) is 0 Å². The van der Waals surface area contributed by atoms with Crippen LogP contribution in [0.25, 0.3) is 0 Å². The van der Waals surface area contributed by atoms with Gasteiger partial charge in [-0.05, 0) is 38.5 Å². The Balaban J connectivity index is 3.45. The Morgan fingerprint density at radius 2 is 1.04 bits per heavy atom. The highest BCUT2D eigenvalue weighted by Gasteiger charge is 2.02. The number of carbonyl (C=O) groups excluding carboxylic acids is 2. The molecule has 0 aliphatic heterocycles. The second-order valence-corrected chi connectivity index (χ2v) is 6.95. The Morgan fingerprint density at radius 1 is 0.630 bits per heavy atom. The molecule has 0 aromatic heterocycles. The van der Waals surface area contributed by atoms with Crippen molar-refractivity contribution in [3.63, 3.8) is 0 Å². The first-order valence-corrected chi connectivity index (χ1v) is 10.8. The average Bonchev–Trinajstić information content (AvgIpc) is 2.66. The van der Waals surface area contributed by atoms with Crippen LogP contribution in [0.5, 0.6) is 0 Å². The molecule has 0 bridgehead atoms. The maximum absolute atomic E-state index is 11.6. The predicted molar refractivity (Wildman–Crippen MR) is 114 cm³/mol. The molecule has 0 atom stereocenters. The van der Waals surface area contributed by atoms with Crippen molar-refractivity contribution in [1.82, 2.24) is 10.9 Å². The lowest BCUT2D eigenvalue weighted by Crippen LogP contribution is -2.18. The van der Waals surface area contributed by atoms with Crippen molar-refractivity contribution in [1.29, 1.82) is 0 Å². The lowest BCUT2D eigenvalue weighted by molar-refractivity contribution is -0.121. The summed E-state index contributed by atoms with van der Waals surface area (Å²) in [6.45, 7) is 4.37. The van der Waals surface area contributed by atoms with Crippen LogP contribution in [0.4, 0.5) is 0 Å². The molecule has 0 aromatic carbocycles.